The molecule has 0 unspecified atom stereocenters. The molecule has 0 aliphatic heterocycles. The minimum Gasteiger partial charge on any atom is -0.493 e. The maximum absolute atomic E-state index is 12.6. The van der Waals surface area contributed by atoms with Crippen molar-refractivity contribution in [3.63, 3.8) is 0 Å². The maximum Gasteiger partial charge on any atom is 0.255 e. The summed E-state index contributed by atoms with van der Waals surface area (Å²) < 4.78 is 10.7. The number of rotatable bonds is 7. The summed E-state index contributed by atoms with van der Waals surface area (Å²) in [6.07, 6.45) is 5.16. The number of methoxy groups -OCH3 is 1. The van der Waals surface area contributed by atoms with E-state index in [4.69, 9.17) is 15.9 Å². The zero-order chi connectivity index (χ0) is 18.9. The van der Waals surface area contributed by atoms with Crippen molar-refractivity contribution in [3.05, 3.63) is 53.6 Å². The van der Waals surface area contributed by atoms with Gasteiger partial charge >= 0.3 is 0 Å². The quantitative estimate of drug-likeness (QED) is 0.751. The SMILES string of the molecule is C#CCNC(=O)c1ccccc1NC(=O)c1ccc(OC)c(OCC)c1. The van der Waals surface area contributed by atoms with Gasteiger partial charge in [0.1, 0.15) is 0 Å². The van der Waals surface area contributed by atoms with Crippen LogP contribution >= 0.6 is 0 Å². The molecule has 6 nitrogen and oxygen atoms in total. The van der Waals surface area contributed by atoms with Crippen molar-refractivity contribution in [2.45, 2.75) is 6.92 Å². The molecule has 2 amide bonds. The minimum atomic E-state index is -0.370. The molecular formula is C20H20N2O4. The van der Waals surface area contributed by atoms with Gasteiger partial charge < -0.3 is 20.1 Å². The molecule has 0 saturated heterocycles. The Labute approximate surface area is 152 Å². The molecule has 0 bridgehead atoms. The van der Waals surface area contributed by atoms with Gasteiger partial charge in [-0.2, -0.15) is 0 Å². The van der Waals surface area contributed by atoms with Gasteiger partial charge in [-0.15, -0.1) is 6.42 Å². The first-order valence-electron chi connectivity index (χ1n) is 8.03. The van der Waals surface area contributed by atoms with Crippen LogP contribution in [0.25, 0.3) is 0 Å². The number of hydrogen-bond donors (Lipinski definition) is 2. The van der Waals surface area contributed by atoms with Gasteiger partial charge in [-0.25, -0.2) is 0 Å². The number of carbonyl (C=O) groups excluding carboxylic acids is 2. The van der Waals surface area contributed by atoms with Crippen LogP contribution in [-0.2, 0) is 0 Å². The lowest BCUT2D eigenvalue weighted by molar-refractivity contribution is 0.0959. The Morgan fingerprint density at radius 1 is 1.12 bits per heavy atom. The van der Waals surface area contributed by atoms with Crippen LogP contribution in [0, 0.1) is 12.3 Å². The Morgan fingerprint density at radius 2 is 1.88 bits per heavy atom. The smallest absolute Gasteiger partial charge is 0.255 e. The Morgan fingerprint density at radius 3 is 2.58 bits per heavy atom. The highest BCUT2D eigenvalue weighted by Gasteiger charge is 2.15. The highest BCUT2D eigenvalue weighted by Crippen LogP contribution is 2.28. The van der Waals surface area contributed by atoms with Gasteiger partial charge in [0.15, 0.2) is 11.5 Å². The van der Waals surface area contributed by atoms with Gasteiger partial charge in [-0.3, -0.25) is 9.59 Å². The van der Waals surface area contributed by atoms with Crippen LogP contribution in [0.15, 0.2) is 42.5 Å². The van der Waals surface area contributed by atoms with Crippen molar-refractivity contribution in [2.24, 2.45) is 0 Å². The van der Waals surface area contributed by atoms with Crippen molar-refractivity contribution in [3.8, 4) is 23.8 Å². The molecule has 0 fully saturated rings. The third-order valence-corrected chi connectivity index (χ3v) is 3.50. The highest BCUT2D eigenvalue weighted by molar-refractivity contribution is 6.09. The Balaban J connectivity index is 2.24. The van der Waals surface area contributed by atoms with E-state index >= 15 is 0 Å². The van der Waals surface area contributed by atoms with Gasteiger partial charge in [0.05, 0.1) is 31.5 Å². The number of amides is 2. The summed E-state index contributed by atoms with van der Waals surface area (Å²) in [6.45, 7) is 2.40. The van der Waals surface area contributed by atoms with Crippen LogP contribution in [0.5, 0.6) is 11.5 Å². The van der Waals surface area contributed by atoms with Crippen LogP contribution < -0.4 is 20.1 Å². The second-order valence-corrected chi connectivity index (χ2v) is 5.19. The Kier molecular flexibility index (Phi) is 6.63. The number of terminal acetylenes is 1. The molecule has 134 valence electrons. The molecular weight excluding hydrogens is 332 g/mol. The first-order chi connectivity index (χ1) is 12.6. The summed E-state index contributed by atoms with van der Waals surface area (Å²) in [5, 5.41) is 5.32. The van der Waals surface area contributed by atoms with Crippen molar-refractivity contribution in [1.82, 2.24) is 5.32 Å². The number of hydrogen-bond acceptors (Lipinski definition) is 4. The molecule has 2 rings (SSSR count). The lowest BCUT2D eigenvalue weighted by atomic mass is 10.1. The number of ether oxygens (including phenoxy) is 2. The zero-order valence-electron chi connectivity index (χ0n) is 14.7. The molecule has 6 heteroatoms. The van der Waals surface area contributed by atoms with E-state index in [9.17, 15) is 9.59 Å². The molecule has 0 spiro atoms. The van der Waals surface area contributed by atoms with E-state index in [0.29, 0.717) is 34.9 Å². The van der Waals surface area contributed by atoms with E-state index in [2.05, 4.69) is 16.6 Å². The van der Waals surface area contributed by atoms with Crippen LogP contribution in [0.4, 0.5) is 5.69 Å². The van der Waals surface area contributed by atoms with Gasteiger partial charge in [-0.05, 0) is 37.3 Å². The van der Waals surface area contributed by atoms with E-state index in [1.54, 1.807) is 42.5 Å². The fourth-order valence-electron chi connectivity index (χ4n) is 2.30. The third kappa shape index (κ3) is 4.54. The van der Waals surface area contributed by atoms with Crippen LogP contribution in [-0.4, -0.2) is 32.1 Å². The van der Waals surface area contributed by atoms with Crippen LogP contribution in [0.3, 0.4) is 0 Å². The van der Waals surface area contributed by atoms with Gasteiger partial charge in [0, 0.05) is 5.56 Å². The fourth-order valence-corrected chi connectivity index (χ4v) is 2.30. The van der Waals surface area contributed by atoms with E-state index in [-0.39, 0.29) is 18.4 Å². The van der Waals surface area contributed by atoms with Gasteiger partial charge in [0.2, 0.25) is 0 Å². The second kappa shape index (κ2) is 9.14. The molecule has 0 saturated carbocycles. The number of nitrogens with one attached hydrogen (secondary N) is 2. The summed E-state index contributed by atoms with van der Waals surface area (Å²) in [5.74, 6) is 2.63. The normalized spacial score (nSPS) is 9.73. The van der Waals surface area contributed by atoms with Crippen molar-refractivity contribution >= 4 is 17.5 Å². The van der Waals surface area contributed by atoms with E-state index in [0.717, 1.165) is 0 Å². The lowest BCUT2D eigenvalue weighted by Gasteiger charge is -2.13. The predicted molar refractivity (Wildman–Crippen MR) is 99.7 cm³/mol. The standard InChI is InChI=1S/C20H20N2O4/c1-4-12-21-20(24)15-8-6-7-9-16(15)22-19(23)14-10-11-17(25-3)18(13-14)26-5-2/h1,6-11,13H,5,12H2,2-3H3,(H,21,24)(H,22,23). The summed E-state index contributed by atoms with van der Waals surface area (Å²) in [7, 11) is 1.53. The summed E-state index contributed by atoms with van der Waals surface area (Å²) >= 11 is 0. The molecule has 2 N–H and O–H groups in total. The molecule has 0 aromatic heterocycles. The number of para-hydroxylation sites is 1. The van der Waals surface area contributed by atoms with Crippen molar-refractivity contribution < 1.29 is 19.1 Å². The first kappa shape index (κ1) is 18.9. The fraction of sp³-hybridized carbons (Fsp3) is 0.200. The zero-order valence-corrected chi connectivity index (χ0v) is 14.7. The Bertz CT molecular complexity index is 840. The van der Waals surface area contributed by atoms with Crippen molar-refractivity contribution in [2.75, 3.05) is 25.6 Å². The minimum absolute atomic E-state index is 0.108. The molecule has 2 aromatic rings. The molecule has 2 aromatic carbocycles. The van der Waals surface area contributed by atoms with Gasteiger partial charge in [-0.1, -0.05) is 18.1 Å². The number of anilines is 1. The maximum atomic E-state index is 12.6. The summed E-state index contributed by atoms with van der Waals surface area (Å²) in [4.78, 5) is 24.8. The average Bonchev–Trinajstić information content (AvgIpc) is 2.66. The Hall–Kier alpha value is -3.46. The second-order valence-electron chi connectivity index (χ2n) is 5.19. The molecule has 26 heavy (non-hydrogen) atoms. The molecule has 0 aliphatic carbocycles. The first-order valence-corrected chi connectivity index (χ1v) is 8.03. The monoisotopic (exact) mass is 352 g/mol. The number of carbonyl (C=O) groups is 2. The third-order valence-electron chi connectivity index (χ3n) is 3.50. The summed E-state index contributed by atoms with van der Waals surface area (Å²) in [6, 6.07) is 11.6. The molecule has 0 heterocycles. The lowest BCUT2D eigenvalue weighted by Crippen LogP contribution is -2.25. The summed E-state index contributed by atoms with van der Waals surface area (Å²) in [5.41, 5.74) is 1.10. The van der Waals surface area contributed by atoms with E-state index in [1.807, 2.05) is 6.92 Å². The highest BCUT2D eigenvalue weighted by atomic mass is 16.5. The molecule has 0 atom stereocenters. The largest absolute Gasteiger partial charge is 0.493 e. The average molecular weight is 352 g/mol. The molecule has 0 aliphatic rings. The van der Waals surface area contributed by atoms with Crippen LogP contribution in [0.1, 0.15) is 27.6 Å². The van der Waals surface area contributed by atoms with Crippen LogP contribution in [0.2, 0.25) is 0 Å². The van der Waals surface area contributed by atoms with Crippen molar-refractivity contribution in [1.29, 1.82) is 0 Å². The predicted octanol–water partition coefficient (Wildman–Crippen LogP) is 2.71. The topological polar surface area (TPSA) is 76.7 Å². The van der Waals surface area contributed by atoms with E-state index in [1.165, 1.54) is 7.11 Å². The number of benzene rings is 2. The van der Waals surface area contributed by atoms with Gasteiger partial charge in [0.25, 0.3) is 11.8 Å². The molecule has 0 radical (unpaired) electrons. The van der Waals surface area contributed by atoms with E-state index < -0.39 is 0 Å².